The second-order valence-electron chi connectivity index (χ2n) is 9.57. The standard InChI is InChI=1S/C26H35ClO5S3/c1-26(2)24(30)18(23(25(26)31)34-14-6-13-33-15-21(29)32-3)11-9-16(28)10-12-20-22(27)17-7-4-5-8-19(17)35-20/h4-5,7-8,16,18,23-24,28,30H,6,9-15H2,1-3H3/t16?,18-,23-,24+/m1/s1. The maximum atomic E-state index is 13.1. The molecule has 1 unspecified atom stereocenters. The number of methoxy groups -OCH3 is 1. The van der Waals surface area contributed by atoms with E-state index in [1.165, 1.54) is 18.9 Å². The van der Waals surface area contributed by atoms with Crippen molar-refractivity contribution in [3.8, 4) is 0 Å². The number of ether oxygens (including phenoxy) is 1. The Labute approximate surface area is 225 Å². The summed E-state index contributed by atoms with van der Waals surface area (Å²) in [6.45, 7) is 3.64. The maximum absolute atomic E-state index is 13.1. The normalized spacial score (nSPS) is 22.6. The van der Waals surface area contributed by atoms with Gasteiger partial charge in [-0.3, -0.25) is 9.59 Å². The first-order chi connectivity index (χ1) is 16.7. The van der Waals surface area contributed by atoms with E-state index in [2.05, 4.69) is 10.8 Å². The van der Waals surface area contributed by atoms with E-state index >= 15 is 0 Å². The van der Waals surface area contributed by atoms with E-state index < -0.39 is 17.6 Å². The summed E-state index contributed by atoms with van der Waals surface area (Å²) >= 11 is 11.3. The third kappa shape index (κ3) is 7.17. The second-order valence-corrected chi connectivity index (χ2v) is 13.4. The highest BCUT2D eigenvalue weighted by Gasteiger charge is 2.54. The Morgan fingerprint density at radius 2 is 2.00 bits per heavy atom. The zero-order chi connectivity index (χ0) is 25.6. The highest BCUT2D eigenvalue weighted by Crippen LogP contribution is 2.46. The smallest absolute Gasteiger partial charge is 0.315 e. The molecule has 0 radical (unpaired) electrons. The van der Waals surface area contributed by atoms with Gasteiger partial charge in [0, 0.05) is 20.9 Å². The van der Waals surface area contributed by atoms with Crippen molar-refractivity contribution in [2.24, 2.45) is 11.3 Å². The molecule has 2 aromatic rings. The van der Waals surface area contributed by atoms with Crippen molar-refractivity contribution in [2.45, 2.75) is 63.4 Å². The zero-order valence-corrected chi connectivity index (χ0v) is 23.7. The second kappa shape index (κ2) is 13.2. The molecule has 5 nitrogen and oxygen atoms in total. The van der Waals surface area contributed by atoms with Crippen LogP contribution in [0.5, 0.6) is 0 Å². The van der Waals surface area contributed by atoms with Gasteiger partial charge >= 0.3 is 5.97 Å². The molecule has 0 saturated heterocycles. The fourth-order valence-corrected chi connectivity index (χ4v) is 8.61. The lowest BCUT2D eigenvalue weighted by atomic mass is 9.85. The van der Waals surface area contributed by atoms with Gasteiger partial charge in [-0.05, 0) is 49.7 Å². The summed E-state index contributed by atoms with van der Waals surface area (Å²) in [5, 5.41) is 23.2. The Bertz CT molecular complexity index is 1010. The van der Waals surface area contributed by atoms with Crippen LogP contribution in [0.15, 0.2) is 24.3 Å². The van der Waals surface area contributed by atoms with Crippen molar-refractivity contribution in [2.75, 3.05) is 24.4 Å². The van der Waals surface area contributed by atoms with Gasteiger partial charge in [0.2, 0.25) is 0 Å². The van der Waals surface area contributed by atoms with Crippen LogP contribution in [0, 0.1) is 11.3 Å². The molecular formula is C26H35ClO5S3. The average Bonchev–Trinajstić information content (AvgIpc) is 3.25. The lowest BCUT2D eigenvalue weighted by Crippen LogP contribution is -2.32. The van der Waals surface area contributed by atoms with Gasteiger partial charge in [-0.1, -0.05) is 43.6 Å². The molecule has 1 aromatic carbocycles. The van der Waals surface area contributed by atoms with Crippen LogP contribution in [0.1, 0.15) is 44.4 Å². The van der Waals surface area contributed by atoms with Gasteiger partial charge in [0.15, 0.2) is 5.78 Å². The number of ketones is 1. The summed E-state index contributed by atoms with van der Waals surface area (Å²) in [6, 6.07) is 8.05. The molecule has 0 bridgehead atoms. The van der Waals surface area contributed by atoms with E-state index in [1.807, 2.05) is 32.0 Å². The quantitative estimate of drug-likeness (QED) is 0.244. The van der Waals surface area contributed by atoms with Crippen LogP contribution >= 0.6 is 46.5 Å². The number of esters is 1. The number of aryl methyl sites for hydroxylation is 1. The number of thioether (sulfide) groups is 2. The van der Waals surface area contributed by atoms with Gasteiger partial charge in [0.25, 0.3) is 0 Å². The molecule has 2 N–H and O–H groups in total. The van der Waals surface area contributed by atoms with Gasteiger partial charge in [0.05, 0.1) is 40.8 Å². The van der Waals surface area contributed by atoms with Gasteiger partial charge in [-0.15, -0.1) is 11.3 Å². The lowest BCUT2D eigenvalue weighted by Gasteiger charge is -2.25. The zero-order valence-electron chi connectivity index (χ0n) is 20.5. The Kier molecular flexibility index (Phi) is 10.8. The highest BCUT2D eigenvalue weighted by atomic mass is 35.5. The number of aliphatic hydroxyl groups is 2. The lowest BCUT2D eigenvalue weighted by molar-refractivity contribution is -0.137. The highest BCUT2D eigenvalue weighted by molar-refractivity contribution is 8.01. The van der Waals surface area contributed by atoms with E-state index in [0.29, 0.717) is 31.4 Å². The predicted octanol–water partition coefficient (Wildman–Crippen LogP) is 5.61. The first kappa shape index (κ1) is 28.8. The van der Waals surface area contributed by atoms with E-state index in [0.717, 1.165) is 37.9 Å². The van der Waals surface area contributed by atoms with Gasteiger partial charge in [-0.25, -0.2) is 0 Å². The first-order valence-electron chi connectivity index (χ1n) is 12.0. The van der Waals surface area contributed by atoms with E-state index in [-0.39, 0.29) is 22.9 Å². The van der Waals surface area contributed by atoms with Crippen LogP contribution in [0.25, 0.3) is 10.1 Å². The molecule has 3 rings (SSSR count). The molecule has 194 valence electrons. The molecule has 1 aromatic heterocycles. The topological polar surface area (TPSA) is 83.8 Å². The Balaban J connectivity index is 1.49. The largest absolute Gasteiger partial charge is 0.468 e. The maximum Gasteiger partial charge on any atom is 0.315 e. The van der Waals surface area contributed by atoms with Crippen LogP contribution in [-0.4, -0.2) is 63.8 Å². The average molecular weight is 559 g/mol. The summed E-state index contributed by atoms with van der Waals surface area (Å²) in [7, 11) is 1.38. The number of thiophene rings is 1. The number of hydrogen-bond acceptors (Lipinski definition) is 8. The van der Waals surface area contributed by atoms with Gasteiger partial charge in [0.1, 0.15) is 0 Å². The van der Waals surface area contributed by atoms with Crippen LogP contribution in [0.2, 0.25) is 5.02 Å². The number of rotatable bonds is 13. The molecule has 0 amide bonds. The van der Waals surface area contributed by atoms with Crippen molar-refractivity contribution in [1.82, 2.24) is 0 Å². The van der Waals surface area contributed by atoms with Crippen molar-refractivity contribution in [3.05, 3.63) is 34.2 Å². The van der Waals surface area contributed by atoms with Crippen LogP contribution in [0.4, 0.5) is 0 Å². The third-order valence-corrected chi connectivity index (χ3v) is 11.0. The minimum Gasteiger partial charge on any atom is -0.468 e. The van der Waals surface area contributed by atoms with E-state index in [1.54, 1.807) is 23.1 Å². The van der Waals surface area contributed by atoms with Crippen LogP contribution < -0.4 is 0 Å². The van der Waals surface area contributed by atoms with Crippen molar-refractivity contribution in [1.29, 1.82) is 0 Å². The minimum atomic E-state index is -0.780. The molecule has 9 heteroatoms. The van der Waals surface area contributed by atoms with Crippen LogP contribution in [-0.2, 0) is 20.7 Å². The number of hydrogen-bond donors (Lipinski definition) is 2. The van der Waals surface area contributed by atoms with Crippen molar-refractivity contribution >= 4 is 68.3 Å². The number of benzene rings is 1. The number of Topliss-reactive ketones (excluding diaryl/α,β-unsaturated/α-hetero) is 1. The SMILES string of the molecule is COC(=O)CSCCCS[C@H]1C(=O)C(C)(C)[C@@H](O)[C@@H]1CCC(O)CCc1sc2ccccc2c1Cl. The van der Waals surface area contributed by atoms with Gasteiger partial charge < -0.3 is 14.9 Å². The summed E-state index contributed by atoms with van der Waals surface area (Å²) in [4.78, 5) is 25.3. The van der Waals surface area contributed by atoms with Crippen molar-refractivity contribution < 1.29 is 24.5 Å². The molecule has 1 aliphatic carbocycles. The molecular weight excluding hydrogens is 524 g/mol. The van der Waals surface area contributed by atoms with E-state index in [9.17, 15) is 19.8 Å². The summed E-state index contributed by atoms with van der Waals surface area (Å²) in [5.74, 6) is 1.63. The van der Waals surface area contributed by atoms with Crippen molar-refractivity contribution in [3.63, 3.8) is 0 Å². The van der Waals surface area contributed by atoms with Gasteiger partial charge in [-0.2, -0.15) is 23.5 Å². The molecule has 1 saturated carbocycles. The molecule has 0 spiro atoms. The predicted molar refractivity (Wildman–Crippen MR) is 149 cm³/mol. The summed E-state index contributed by atoms with van der Waals surface area (Å²) in [6.07, 6.45) is 2.10. The summed E-state index contributed by atoms with van der Waals surface area (Å²) < 4.78 is 5.80. The molecule has 1 fully saturated rings. The third-order valence-electron chi connectivity index (χ3n) is 6.74. The molecule has 35 heavy (non-hydrogen) atoms. The molecule has 4 atom stereocenters. The molecule has 1 aliphatic rings. The molecule has 0 aliphatic heterocycles. The monoisotopic (exact) mass is 558 g/mol. The number of aliphatic hydroxyl groups excluding tert-OH is 2. The Hall–Kier alpha value is -0.770. The number of carbonyl (C=O) groups excluding carboxylic acids is 2. The minimum absolute atomic E-state index is 0.0914. The number of carbonyl (C=O) groups is 2. The first-order valence-corrected chi connectivity index (χ1v) is 15.4. The number of halogens is 1. The Morgan fingerprint density at radius 1 is 1.26 bits per heavy atom. The molecule has 1 heterocycles. The number of fused-ring (bicyclic) bond motifs is 1. The Morgan fingerprint density at radius 3 is 2.71 bits per heavy atom. The van der Waals surface area contributed by atoms with E-state index in [4.69, 9.17) is 11.6 Å². The van der Waals surface area contributed by atoms with Crippen LogP contribution in [0.3, 0.4) is 0 Å². The fraction of sp³-hybridized carbons (Fsp3) is 0.615. The fourth-order valence-electron chi connectivity index (χ4n) is 4.55. The summed E-state index contributed by atoms with van der Waals surface area (Å²) in [5.41, 5.74) is -0.780.